The molecule has 182 valence electrons. The summed E-state index contributed by atoms with van der Waals surface area (Å²) in [4.78, 5) is 0. The Bertz CT molecular complexity index is 2140. The highest BCUT2D eigenvalue weighted by molar-refractivity contribution is 6.22. The fraction of sp³-hybridized carbons (Fsp3) is 0. The monoisotopic (exact) mass is 495 g/mol. The molecule has 8 rings (SSSR count). The lowest BCUT2D eigenvalue weighted by Gasteiger charge is -2.13. The number of aromatic nitrogens is 1. The van der Waals surface area contributed by atoms with Crippen LogP contribution in [0.15, 0.2) is 152 Å². The van der Waals surface area contributed by atoms with Gasteiger partial charge in [0.25, 0.3) is 0 Å². The van der Waals surface area contributed by atoms with Crippen molar-refractivity contribution in [1.29, 1.82) is 0 Å². The molecular weight excluding hydrogens is 470 g/mol. The molecule has 0 aliphatic rings. The molecular formula is C38H25N. The minimum atomic E-state index is 1.18. The molecule has 0 fully saturated rings. The zero-order valence-electron chi connectivity index (χ0n) is 21.4. The lowest BCUT2D eigenvalue weighted by Crippen LogP contribution is -1.94. The highest BCUT2D eigenvalue weighted by Crippen LogP contribution is 2.41. The smallest absolute Gasteiger partial charge is 0.0619 e. The quantitative estimate of drug-likeness (QED) is 0.230. The van der Waals surface area contributed by atoms with E-state index in [2.05, 4.69) is 156 Å². The molecule has 0 atom stereocenters. The van der Waals surface area contributed by atoms with Crippen LogP contribution in [0.5, 0.6) is 0 Å². The summed E-state index contributed by atoms with van der Waals surface area (Å²) in [5, 5.41) is 7.64. The van der Waals surface area contributed by atoms with Gasteiger partial charge in [-0.1, -0.05) is 127 Å². The fourth-order valence-corrected chi connectivity index (χ4v) is 6.21. The molecule has 1 nitrogen and oxygen atoms in total. The average Bonchev–Trinajstić information content (AvgIpc) is 3.35. The Labute approximate surface area is 227 Å². The van der Waals surface area contributed by atoms with Crippen LogP contribution in [0, 0.1) is 0 Å². The highest BCUT2D eigenvalue weighted by Gasteiger charge is 2.17. The fourth-order valence-electron chi connectivity index (χ4n) is 6.21. The summed E-state index contributed by atoms with van der Waals surface area (Å²) in [6.45, 7) is 0. The Morgan fingerprint density at radius 2 is 0.949 bits per heavy atom. The van der Waals surface area contributed by atoms with Gasteiger partial charge in [0.1, 0.15) is 0 Å². The third kappa shape index (κ3) is 3.41. The van der Waals surface area contributed by atoms with Crippen LogP contribution in [-0.2, 0) is 0 Å². The molecule has 1 heteroatoms. The molecule has 0 saturated carbocycles. The second-order valence-electron chi connectivity index (χ2n) is 10.2. The molecule has 0 bridgehead atoms. The minimum absolute atomic E-state index is 1.18. The van der Waals surface area contributed by atoms with E-state index in [1.807, 2.05) is 0 Å². The van der Waals surface area contributed by atoms with Crippen molar-refractivity contribution in [3.63, 3.8) is 0 Å². The van der Waals surface area contributed by atoms with E-state index in [9.17, 15) is 0 Å². The van der Waals surface area contributed by atoms with E-state index in [1.54, 1.807) is 0 Å². The summed E-state index contributed by atoms with van der Waals surface area (Å²) in [7, 11) is 0. The summed E-state index contributed by atoms with van der Waals surface area (Å²) in [5.74, 6) is 0. The van der Waals surface area contributed by atoms with E-state index >= 15 is 0 Å². The Hall–Kier alpha value is -5.14. The van der Waals surface area contributed by atoms with Crippen LogP contribution in [0.25, 0.3) is 71.3 Å². The normalized spacial score (nSPS) is 11.6. The maximum atomic E-state index is 2.42. The van der Waals surface area contributed by atoms with E-state index in [-0.39, 0.29) is 0 Å². The number of fused-ring (bicyclic) bond motifs is 6. The van der Waals surface area contributed by atoms with Crippen LogP contribution < -0.4 is 0 Å². The standard InChI is InChI=1S/C38H25N/c1-2-13-29(14-3-1)39-37-20-9-8-17-33(37)36-25-35(32-16-6-7-18-34(32)38(36)39)28-23-21-27(22-24-28)31-19-10-12-26-11-4-5-15-30(26)31/h1-25H. The van der Waals surface area contributed by atoms with Crippen molar-refractivity contribution in [3.05, 3.63) is 152 Å². The molecule has 8 aromatic rings. The summed E-state index contributed by atoms with van der Waals surface area (Å²) in [6, 6.07) is 54.9. The molecule has 1 aromatic heterocycles. The lowest BCUT2D eigenvalue weighted by molar-refractivity contribution is 1.19. The third-order valence-electron chi connectivity index (χ3n) is 7.99. The van der Waals surface area contributed by atoms with E-state index in [0.29, 0.717) is 0 Å². The minimum Gasteiger partial charge on any atom is -0.309 e. The second-order valence-corrected chi connectivity index (χ2v) is 10.2. The van der Waals surface area contributed by atoms with Gasteiger partial charge in [0.2, 0.25) is 0 Å². The molecule has 0 N–H and O–H groups in total. The van der Waals surface area contributed by atoms with Crippen LogP contribution in [0.4, 0.5) is 0 Å². The highest BCUT2D eigenvalue weighted by atomic mass is 15.0. The first kappa shape index (κ1) is 21.9. The van der Waals surface area contributed by atoms with Gasteiger partial charge in [0, 0.05) is 21.8 Å². The number of hydrogen-bond donors (Lipinski definition) is 0. The van der Waals surface area contributed by atoms with E-state index in [1.165, 1.54) is 71.3 Å². The van der Waals surface area contributed by atoms with Gasteiger partial charge in [0.05, 0.1) is 11.0 Å². The van der Waals surface area contributed by atoms with Crippen LogP contribution in [-0.4, -0.2) is 4.57 Å². The van der Waals surface area contributed by atoms with Crippen molar-refractivity contribution >= 4 is 43.4 Å². The SMILES string of the molecule is c1ccc(-n2c3ccccc3c3cc(-c4ccc(-c5cccc6ccccc56)cc4)c4ccccc4c32)cc1. The van der Waals surface area contributed by atoms with E-state index < -0.39 is 0 Å². The van der Waals surface area contributed by atoms with Gasteiger partial charge in [-0.3, -0.25) is 0 Å². The molecule has 0 aliphatic carbocycles. The van der Waals surface area contributed by atoms with E-state index in [4.69, 9.17) is 0 Å². The molecule has 0 unspecified atom stereocenters. The van der Waals surface area contributed by atoms with Gasteiger partial charge in [-0.05, 0) is 62.7 Å². The Morgan fingerprint density at radius 3 is 1.74 bits per heavy atom. The van der Waals surface area contributed by atoms with Gasteiger partial charge in [-0.2, -0.15) is 0 Å². The van der Waals surface area contributed by atoms with Crippen LogP contribution in [0.3, 0.4) is 0 Å². The third-order valence-corrected chi connectivity index (χ3v) is 7.99. The predicted molar refractivity (Wildman–Crippen MR) is 167 cm³/mol. The Balaban J connectivity index is 1.38. The van der Waals surface area contributed by atoms with Gasteiger partial charge in [-0.25, -0.2) is 0 Å². The predicted octanol–water partition coefficient (Wildman–Crippen LogP) is 10.4. The first-order chi connectivity index (χ1) is 19.4. The van der Waals surface area contributed by atoms with Crippen LogP contribution in [0.2, 0.25) is 0 Å². The Kier molecular flexibility index (Phi) is 4.89. The summed E-state index contributed by atoms with van der Waals surface area (Å²) in [6.07, 6.45) is 0. The maximum absolute atomic E-state index is 2.42. The zero-order valence-corrected chi connectivity index (χ0v) is 21.4. The first-order valence-corrected chi connectivity index (χ1v) is 13.5. The Morgan fingerprint density at radius 1 is 0.359 bits per heavy atom. The average molecular weight is 496 g/mol. The van der Waals surface area contributed by atoms with Crippen molar-refractivity contribution in [2.75, 3.05) is 0 Å². The van der Waals surface area contributed by atoms with Crippen molar-refractivity contribution in [2.45, 2.75) is 0 Å². The molecule has 39 heavy (non-hydrogen) atoms. The zero-order chi connectivity index (χ0) is 25.8. The number of para-hydroxylation sites is 2. The summed E-state index contributed by atoms with van der Waals surface area (Å²) >= 11 is 0. The molecule has 0 saturated heterocycles. The molecule has 0 radical (unpaired) electrons. The van der Waals surface area contributed by atoms with Gasteiger partial charge < -0.3 is 4.57 Å². The number of hydrogen-bond acceptors (Lipinski definition) is 0. The first-order valence-electron chi connectivity index (χ1n) is 13.5. The number of rotatable bonds is 3. The van der Waals surface area contributed by atoms with Crippen molar-refractivity contribution in [3.8, 4) is 27.9 Å². The number of nitrogens with zero attached hydrogens (tertiary/aromatic N) is 1. The van der Waals surface area contributed by atoms with Crippen LogP contribution in [0.1, 0.15) is 0 Å². The van der Waals surface area contributed by atoms with Gasteiger partial charge in [-0.15, -0.1) is 0 Å². The van der Waals surface area contributed by atoms with Gasteiger partial charge in [0.15, 0.2) is 0 Å². The maximum Gasteiger partial charge on any atom is 0.0619 e. The molecule has 0 spiro atoms. The molecule has 0 amide bonds. The van der Waals surface area contributed by atoms with Crippen molar-refractivity contribution < 1.29 is 0 Å². The topological polar surface area (TPSA) is 4.93 Å². The van der Waals surface area contributed by atoms with Crippen LogP contribution >= 0.6 is 0 Å². The molecule has 0 aliphatic heterocycles. The largest absolute Gasteiger partial charge is 0.309 e. The molecule has 7 aromatic carbocycles. The number of benzene rings is 7. The second kappa shape index (κ2) is 8.72. The lowest BCUT2D eigenvalue weighted by atomic mass is 9.93. The summed E-state index contributed by atoms with van der Waals surface area (Å²) < 4.78 is 2.42. The van der Waals surface area contributed by atoms with Crippen molar-refractivity contribution in [2.24, 2.45) is 0 Å². The van der Waals surface area contributed by atoms with Crippen molar-refractivity contribution in [1.82, 2.24) is 4.57 Å². The summed E-state index contributed by atoms with van der Waals surface area (Å²) in [5.41, 5.74) is 8.67. The molecule has 1 heterocycles. The van der Waals surface area contributed by atoms with E-state index in [0.717, 1.165) is 0 Å². The van der Waals surface area contributed by atoms with Gasteiger partial charge >= 0.3 is 0 Å².